The van der Waals surface area contributed by atoms with Crippen molar-refractivity contribution in [3.8, 4) is 0 Å². The molecular formula is C9H11BF2O3. The minimum Gasteiger partial charge on any atom is -0.392 e. The van der Waals surface area contributed by atoms with E-state index in [0.29, 0.717) is 5.56 Å². The molecular weight excluding hydrogens is 205 g/mol. The maximum atomic E-state index is 12.5. The first kappa shape index (κ1) is 12.1. The highest BCUT2D eigenvalue weighted by molar-refractivity contribution is 6.60. The monoisotopic (exact) mass is 216 g/mol. The third-order valence-corrected chi connectivity index (χ3v) is 2.29. The lowest BCUT2D eigenvalue weighted by molar-refractivity contribution is 0.248. The van der Waals surface area contributed by atoms with Crippen LogP contribution in [0.15, 0.2) is 12.1 Å². The van der Waals surface area contributed by atoms with E-state index in [0.717, 1.165) is 6.07 Å². The Kier molecular flexibility index (Phi) is 4.20. The van der Waals surface area contributed by atoms with Gasteiger partial charge in [-0.3, -0.25) is 8.63 Å². The predicted molar refractivity (Wildman–Crippen MR) is 51.8 cm³/mol. The van der Waals surface area contributed by atoms with Crippen molar-refractivity contribution in [1.82, 2.24) is 0 Å². The fourth-order valence-corrected chi connectivity index (χ4v) is 1.50. The minimum atomic E-state index is -2.70. The Morgan fingerprint density at radius 3 is 1.93 bits per heavy atom. The molecule has 1 aromatic carbocycles. The molecule has 0 bridgehead atoms. The zero-order valence-corrected chi connectivity index (χ0v) is 7.95. The average molecular weight is 216 g/mol. The van der Waals surface area contributed by atoms with Crippen molar-refractivity contribution in [2.45, 2.75) is 19.8 Å². The standard InChI is InChI=1S/C9H11BF2O3/c11-10(12)9-2-1-6(3-13)7(4-14)8(9)5-15/h1-2,13-15H,3-5H2. The average Bonchev–Trinajstić information content (AvgIpc) is 2.26. The highest BCUT2D eigenvalue weighted by atomic mass is 19.2. The molecule has 6 heteroatoms. The third-order valence-electron chi connectivity index (χ3n) is 2.29. The fourth-order valence-electron chi connectivity index (χ4n) is 1.50. The van der Waals surface area contributed by atoms with Crippen LogP contribution in [0.2, 0.25) is 0 Å². The lowest BCUT2D eigenvalue weighted by atomic mass is 9.79. The van der Waals surface area contributed by atoms with Crippen molar-refractivity contribution < 1.29 is 24.0 Å². The van der Waals surface area contributed by atoms with E-state index in [2.05, 4.69) is 0 Å². The van der Waals surface area contributed by atoms with Gasteiger partial charge in [-0.15, -0.1) is 0 Å². The second-order valence-corrected chi connectivity index (χ2v) is 3.05. The Morgan fingerprint density at radius 1 is 0.933 bits per heavy atom. The second-order valence-electron chi connectivity index (χ2n) is 3.05. The van der Waals surface area contributed by atoms with Crippen LogP contribution in [-0.4, -0.2) is 22.6 Å². The van der Waals surface area contributed by atoms with Crippen molar-refractivity contribution in [3.05, 3.63) is 28.8 Å². The van der Waals surface area contributed by atoms with Gasteiger partial charge in [-0.2, -0.15) is 0 Å². The Morgan fingerprint density at radius 2 is 1.53 bits per heavy atom. The Labute approximate surface area is 86.2 Å². The van der Waals surface area contributed by atoms with E-state index in [4.69, 9.17) is 15.3 Å². The molecule has 0 heterocycles. The zero-order valence-electron chi connectivity index (χ0n) is 7.95. The first-order valence-electron chi connectivity index (χ1n) is 4.40. The van der Waals surface area contributed by atoms with Gasteiger partial charge in [0.05, 0.1) is 19.8 Å². The predicted octanol–water partition coefficient (Wildman–Crippen LogP) is -0.202. The SMILES string of the molecule is OCc1ccc(B(F)F)c(CO)c1CO. The Balaban J connectivity index is 3.34. The van der Waals surface area contributed by atoms with E-state index >= 15 is 0 Å². The molecule has 0 unspecified atom stereocenters. The van der Waals surface area contributed by atoms with Gasteiger partial charge in [0.25, 0.3) is 0 Å². The highest BCUT2D eigenvalue weighted by Gasteiger charge is 2.23. The van der Waals surface area contributed by atoms with E-state index in [1.807, 2.05) is 0 Å². The summed E-state index contributed by atoms with van der Waals surface area (Å²) in [5, 5.41) is 26.9. The molecule has 0 fully saturated rings. The van der Waals surface area contributed by atoms with Crippen LogP contribution in [0, 0.1) is 0 Å². The Bertz CT molecular complexity index is 344. The number of aliphatic hydroxyl groups excluding tert-OH is 3. The molecule has 0 aliphatic heterocycles. The number of benzene rings is 1. The zero-order chi connectivity index (χ0) is 11.4. The molecule has 82 valence electrons. The maximum Gasteiger partial charge on any atom is 0.572 e. The number of hydrogen-bond donors (Lipinski definition) is 3. The minimum absolute atomic E-state index is 0.000880. The van der Waals surface area contributed by atoms with Gasteiger partial charge in [0, 0.05) is 0 Å². The summed E-state index contributed by atoms with van der Waals surface area (Å²) in [6.07, 6.45) is 0. The fraction of sp³-hybridized carbons (Fsp3) is 0.333. The molecule has 0 saturated heterocycles. The van der Waals surface area contributed by atoms with Gasteiger partial charge in [-0.05, 0) is 22.2 Å². The summed E-state index contributed by atoms with van der Waals surface area (Å²) in [6.45, 7) is -1.41. The molecule has 3 nitrogen and oxygen atoms in total. The smallest absolute Gasteiger partial charge is 0.392 e. The Hall–Kier alpha value is -0.975. The molecule has 0 atom stereocenters. The van der Waals surface area contributed by atoms with Crippen LogP contribution in [0.25, 0.3) is 0 Å². The summed E-state index contributed by atoms with van der Waals surface area (Å²) in [6, 6.07) is 2.48. The second kappa shape index (κ2) is 5.20. The van der Waals surface area contributed by atoms with E-state index in [1.165, 1.54) is 6.07 Å². The van der Waals surface area contributed by atoms with Crippen molar-refractivity contribution in [1.29, 1.82) is 0 Å². The van der Waals surface area contributed by atoms with Gasteiger partial charge in [-0.25, -0.2) is 0 Å². The lowest BCUT2D eigenvalue weighted by Gasteiger charge is -2.13. The van der Waals surface area contributed by atoms with Crippen LogP contribution in [0.5, 0.6) is 0 Å². The van der Waals surface area contributed by atoms with Gasteiger partial charge in [-0.1, -0.05) is 12.1 Å². The van der Waals surface area contributed by atoms with Crippen molar-refractivity contribution in [2.75, 3.05) is 0 Å². The molecule has 1 aromatic rings. The van der Waals surface area contributed by atoms with Crippen LogP contribution in [0.3, 0.4) is 0 Å². The summed E-state index contributed by atoms with van der Waals surface area (Å²) in [4.78, 5) is 0. The molecule has 0 amide bonds. The van der Waals surface area contributed by atoms with Crippen molar-refractivity contribution in [2.24, 2.45) is 0 Å². The van der Waals surface area contributed by atoms with Crippen LogP contribution in [0.1, 0.15) is 16.7 Å². The largest absolute Gasteiger partial charge is 0.572 e. The molecule has 0 aliphatic rings. The topological polar surface area (TPSA) is 60.7 Å². The van der Waals surface area contributed by atoms with Crippen LogP contribution >= 0.6 is 0 Å². The van der Waals surface area contributed by atoms with E-state index in [9.17, 15) is 8.63 Å². The van der Waals surface area contributed by atoms with Crippen molar-refractivity contribution >= 4 is 12.7 Å². The molecule has 1 rings (SSSR count). The first-order valence-corrected chi connectivity index (χ1v) is 4.40. The summed E-state index contributed by atoms with van der Waals surface area (Å²) < 4.78 is 25.0. The number of rotatable bonds is 4. The molecule has 15 heavy (non-hydrogen) atoms. The molecule has 0 aliphatic carbocycles. The van der Waals surface area contributed by atoms with Gasteiger partial charge >= 0.3 is 7.27 Å². The molecule has 0 radical (unpaired) electrons. The molecule has 0 saturated carbocycles. The summed E-state index contributed by atoms with van der Waals surface area (Å²) in [5.41, 5.74) is 0.224. The van der Waals surface area contributed by atoms with E-state index in [-0.39, 0.29) is 23.2 Å². The number of hydrogen-bond acceptors (Lipinski definition) is 3. The summed E-state index contributed by atoms with van der Waals surface area (Å²) in [7, 11) is -2.70. The van der Waals surface area contributed by atoms with Crippen LogP contribution in [-0.2, 0) is 19.8 Å². The van der Waals surface area contributed by atoms with Crippen LogP contribution in [0.4, 0.5) is 8.63 Å². The summed E-state index contributed by atoms with van der Waals surface area (Å²) >= 11 is 0. The quantitative estimate of drug-likeness (QED) is 0.610. The highest BCUT2D eigenvalue weighted by Crippen LogP contribution is 2.15. The number of halogens is 2. The third kappa shape index (κ3) is 2.34. The van der Waals surface area contributed by atoms with E-state index in [1.54, 1.807) is 0 Å². The first-order chi connectivity index (χ1) is 7.15. The lowest BCUT2D eigenvalue weighted by Crippen LogP contribution is -2.27. The molecule has 0 spiro atoms. The van der Waals surface area contributed by atoms with Crippen molar-refractivity contribution in [3.63, 3.8) is 0 Å². The van der Waals surface area contributed by atoms with Gasteiger partial charge in [0.1, 0.15) is 0 Å². The molecule has 0 aromatic heterocycles. The number of aliphatic hydroxyl groups is 3. The van der Waals surface area contributed by atoms with Crippen LogP contribution < -0.4 is 5.46 Å². The van der Waals surface area contributed by atoms with E-state index < -0.39 is 20.5 Å². The maximum absolute atomic E-state index is 12.5. The van der Waals surface area contributed by atoms with Gasteiger partial charge in [0.15, 0.2) is 0 Å². The summed E-state index contributed by atoms with van der Waals surface area (Å²) in [5.74, 6) is 0. The molecule has 3 N–H and O–H groups in total. The van der Waals surface area contributed by atoms with Gasteiger partial charge in [0.2, 0.25) is 0 Å². The van der Waals surface area contributed by atoms with Gasteiger partial charge < -0.3 is 15.3 Å². The normalized spacial score (nSPS) is 10.5.